The summed E-state index contributed by atoms with van der Waals surface area (Å²) < 4.78 is 15.6. The molecule has 1 atom stereocenters. The molecule has 1 unspecified atom stereocenters. The first-order valence-electron chi connectivity index (χ1n) is 10.8. The number of esters is 3. The van der Waals surface area contributed by atoms with Crippen LogP contribution in [0.25, 0.3) is 0 Å². The van der Waals surface area contributed by atoms with E-state index in [-0.39, 0.29) is 31.7 Å². The van der Waals surface area contributed by atoms with Crippen LogP contribution in [0.3, 0.4) is 0 Å². The van der Waals surface area contributed by atoms with Crippen LogP contribution in [0.1, 0.15) is 69.7 Å². The Morgan fingerprint density at radius 1 is 0.867 bits per heavy atom. The maximum Gasteiger partial charge on any atom is 0.338 e. The Morgan fingerprint density at radius 3 is 2.03 bits per heavy atom. The monoisotopic (exact) mass is 418 g/mol. The summed E-state index contributed by atoms with van der Waals surface area (Å²) in [4.78, 5) is 36.5. The number of ether oxygens (including phenoxy) is 3. The Hall–Kier alpha value is -2.63. The van der Waals surface area contributed by atoms with E-state index in [0.29, 0.717) is 12.0 Å². The van der Waals surface area contributed by atoms with Crippen molar-refractivity contribution >= 4 is 17.9 Å². The molecule has 1 rings (SSSR count). The van der Waals surface area contributed by atoms with Crippen LogP contribution in [0.2, 0.25) is 0 Å². The molecule has 0 spiro atoms. The Balaban J connectivity index is 2.70. The average Bonchev–Trinajstić information content (AvgIpc) is 2.74. The van der Waals surface area contributed by atoms with E-state index in [9.17, 15) is 14.4 Å². The van der Waals surface area contributed by atoms with E-state index in [4.69, 9.17) is 14.2 Å². The van der Waals surface area contributed by atoms with Gasteiger partial charge in [-0.15, -0.1) is 0 Å². The second-order valence-electron chi connectivity index (χ2n) is 6.89. The third-order valence-corrected chi connectivity index (χ3v) is 4.49. The van der Waals surface area contributed by atoms with Crippen LogP contribution in [-0.2, 0) is 23.8 Å². The predicted molar refractivity (Wildman–Crippen MR) is 115 cm³/mol. The van der Waals surface area contributed by atoms with Crippen molar-refractivity contribution in [2.45, 2.75) is 65.4 Å². The number of hydrogen-bond acceptors (Lipinski definition) is 6. The van der Waals surface area contributed by atoms with E-state index in [1.165, 1.54) is 0 Å². The second kappa shape index (κ2) is 15.2. The highest BCUT2D eigenvalue weighted by molar-refractivity contribution is 5.95. The maximum absolute atomic E-state index is 12.4. The van der Waals surface area contributed by atoms with Gasteiger partial charge in [-0.25, -0.2) is 4.79 Å². The topological polar surface area (TPSA) is 78.9 Å². The van der Waals surface area contributed by atoms with Crippen LogP contribution in [0.4, 0.5) is 0 Å². The Labute approximate surface area is 179 Å². The number of rotatable bonds is 14. The number of carbonyl (C=O) groups is 3. The van der Waals surface area contributed by atoms with Gasteiger partial charge < -0.3 is 14.2 Å². The van der Waals surface area contributed by atoms with Gasteiger partial charge in [0.2, 0.25) is 0 Å². The average molecular weight is 419 g/mol. The molecule has 0 aromatic heterocycles. The van der Waals surface area contributed by atoms with Crippen molar-refractivity contribution in [3.05, 3.63) is 48.0 Å². The summed E-state index contributed by atoms with van der Waals surface area (Å²) in [5.74, 6) is -2.50. The van der Waals surface area contributed by atoms with Crippen molar-refractivity contribution in [3.63, 3.8) is 0 Å². The summed E-state index contributed by atoms with van der Waals surface area (Å²) in [6, 6.07) is 8.90. The molecular formula is C24H34O6. The fourth-order valence-corrected chi connectivity index (χ4v) is 2.90. The fourth-order valence-electron chi connectivity index (χ4n) is 2.90. The summed E-state index contributed by atoms with van der Waals surface area (Å²) in [7, 11) is 0. The summed E-state index contributed by atoms with van der Waals surface area (Å²) in [5, 5.41) is 0. The van der Waals surface area contributed by atoms with Gasteiger partial charge in [0.15, 0.2) is 5.92 Å². The lowest BCUT2D eigenvalue weighted by atomic mass is 10.0. The van der Waals surface area contributed by atoms with Crippen molar-refractivity contribution in [1.29, 1.82) is 0 Å². The molecule has 0 radical (unpaired) electrons. The van der Waals surface area contributed by atoms with Gasteiger partial charge in [-0.2, -0.15) is 0 Å². The van der Waals surface area contributed by atoms with E-state index in [0.717, 1.165) is 25.7 Å². The molecule has 0 amide bonds. The van der Waals surface area contributed by atoms with Crippen LogP contribution < -0.4 is 0 Å². The van der Waals surface area contributed by atoms with Crippen molar-refractivity contribution in [1.82, 2.24) is 0 Å². The molecule has 0 fully saturated rings. The molecule has 0 aliphatic rings. The molecule has 0 heterocycles. The van der Waals surface area contributed by atoms with Crippen LogP contribution in [0, 0.1) is 5.92 Å². The van der Waals surface area contributed by atoms with E-state index in [1.807, 2.05) is 12.1 Å². The second-order valence-corrected chi connectivity index (χ2v) is 6.89. The highest BCUT2D eigenvalue weighted by Crippen LogP contribution is 2.16. The number of benzene rings is 1. The number of carbonyl (C=O) groups excluding carboxylic acids is 3. The van der Waals surface area contributed by atoms with Gasteiger partial charge in [0.1, 0.15) is 6.10 Å². The van der Waals surface area contributed by atoms with Crippen molar-refractivity contribution < 1.29 is 28.6 Å². The summed E-state index contributed by atoms with van der Waals surface area (Å²) in [6.07, 6.45) is 7.91. The third-order valence-electron chi connectivity index (χ3n) is 4.49. The van der Waals surface area contributed by atoms with Gasteiger partial charge in [0.05, 0.1) is 18.8 Å². The molecule has 0 N–H and O–H groups in total. The highest BCUT2D eigenvalue weighted by Gasteiger charge is 2.28. The van der Waals surface area contributed by atoms with Gasteiger partial charge in [0.25, 0.3) is 0 Å². The molecular weight excluding hydrogens is 384 g/mol. The van der Waals surface area contributed by atoms with Crippen LogP contribution in [0.5, 0.6) is 0 Å². The molecule has 0 aliphatic heterocycles. The van der Waals surface area contributed by atoms with Crippen molar-refractivity contribution in [3.8, 4) is 0 Å². The Morgan fingerprint density at radius 2 is 1.47 bits per heavy atom. The number of hydrogen-bond donors (Lipinski definition) is 0. The zero-order chi connectivity index (χ0) is 22.2. The van der Waals surface area contributed by atoms with E-state index in [1.54, 1.807) is 44.2 Å². The molecule has 1 aromatic rings. The molecule has 0 saturated carbocycles. The molecule has 1 aromatic carbocycles. The van der Waals surface area contributed by atoms with Gasteiger partial charge in [-0.05, 0) is 45.2 Å². The highest BCUT2D eigenvalue weighted by atomic mass is 16.6. The smallest absolute Gasteiger partial charge is 0.338 e. The lowest BCUT2D eigenvalue weighted by Gasteiger charge is -2.17. The zero-order valence-corrected chi connectivity index (χ0v) is 18.3. The third kappa shape index (κ3) is 9.72. The maximum atomic E-state index is 12.4. The zero-order valence-electron chi connectivity index (χ0n) is 18.3. The standard InChI is InChI=1S/C24H34O6/c1-4-7-9-16-20(30-22(25)19-14-10-8-11-15-19)17-12-13-18-21(23(26)28-5-2)24(27)29-6-3/h8,10-15,20-21H,4-7,9,16-18H2,1-3H3/b13-12+. The number of unbranched alkanes of at least 4 members (excludes halogenated alkanes) is 2. The lowest BCUT2D eigenvalue weighted by molar-refractivity contribution is -0.161. The van der Waals surface area contributed by atoms with Crippen LogP contribution in [0.15, 0.2) is 42.5 Å². The summed E-state index contributed by atoms with van der Waals surface area (Å²) in [6.45, 7) is 5.91. The molecule has 0 aliphatic carbocycles. The molecule has 0 saturated heterocycles. The first kappa shape index (κ1) is 25.4. The largest absolute Gasteiger partial charge is 0.465 e. The van der Waals surface area contributed by atoms with Crippen molar-refractivity contribution in [2.75, 3.05) is 13.2 Å². The SMILES string of the molecule is CCCCCC(C/C=C/CC(C(=O)OCC)C(=O)OCC)OC(=O)c1ccccc1. The quantitative estimate of drug-likeness (QED) is 0.141. The van der Waals surface area contributed by atoms with Gasteiger partial charge in [-0.3, -0.25) is 9.59 Å². The molecule has 30 heavy (non-hydrogen) atoms. The van der Waals surface area contributed by atoms with Crippen LogP contribution in [-0.4, -0.2) is 37.2 Å². The minimum absolute atomic E-state index is 0.186. The molecule has 0 bridgehead atoms. The molecule has 166 valence electrons. The minimum Gasteiger partial charge on any atom is -0.465 e. The Kier molecular flexibility index (Phi) is 12.9. The summed E-state index contributed by atoms with van der Waals surface area (Å²) in [5.41, 5.74) is 0.520. The van der Waals surface area contributed by atoms with Crippen LogP contribution >= 0.6 is 0 Å². The van der Waals surface area contributed by atoms with E-state index < -0.39 is 17.9 Å². The van der Waals surface area contributed by atoms with Gasteiger partial charge in [0, 0.05) is 6.42 Å². The summed E-state index contributed by atoms with van der Waals surface area (Å²) >= 11 is 0. The molecule has 6 nitrogen and oxygen atoms in total. The van der Waals surface area contributed by atoms with Crippen molar-refractivity contribution in [2.24, 2.45) is 5.92 Å². The lowest BCUT2D eigenvalue weighted by Crippen LogP contribution is -2.27. The van der Waals surface area contributed by atoms with E-state index in [2.05, 4.69) is 6.92 Å². The normalized spacial score (nSPS) is 12.0. The number of allylic oxidation sites excluding steroid dienone is 1. The minimum atomic E-state index is -0.980. The van der Waals surface area contributed by atoms with Gasteiger partial charge in [-0.1, -0.05) is 50.1 Å². The first-order valence-corrected chi connectivity index (χ1v) is 10.8. The van der Waals surface area contributed by atoms with E-state index >= 15 is 0 Å². The fraction of sp³-hybridized carbons (Fsp3) is 0.542. The predicted octanol–water partition coefficient (Wildman–Crippen LogP) is 4.87. The van der Waals surface area contributed by atoms with Gasteiger partial charge >= 0.3 is 17.9 Å². The first-order chi connectivity index (χ1) is 14.5. The Bertz CT molecular complexity index is 650. The molecule has 6 heteroatoms.